The largest absolute Gasteiger partial charge is 0.465 e. The van der Waals surface area contributed by atoms with Crippen LogP contribution in [0.4, 0.5) is 14.9 Å². The number of halogens is 2. The fraction of sp³-hybridized carbons (Fsp3) is 0.556. The van der Waals surface area contributed by atoms with Gasteiger partial charge < -0.3 is 19.3 Å². The molecule has 1 atom stereocenters. The Bertz CT molecular complexity index is 705. The molecule has 0 N–H and O–H groups in total. The molecule has 1 saturated heterocycles. The summed E-state index contributed by atoms with van der Waals surface area (Å²) in [5.41, 5.74) is -0.229. The van der Waals surface area contributed by atoms with Gasteiger partial charge in [-0.15, -0.1) is 0 Å². The van der Waals surface area contributed by atoms with Gasteiger partial charge in [-0.2, -0.15) is 0 Å². The number of carbonyl (C=O) groups is 2. The van der Waals surface area contributed by atoms with Gasteiger partial charge in [-0.3, -0.25) is 0 Å². The van der Waals surface area contributed by atoms with Crippen LogP contribution >= 0.6 is 15.9 Å². The first kappa shape index (κ1) is 20.5. The van der Waals surface area contributed by atoms with Gasteiger partial charge in [0.1, 0.15) is 17.0 Å². The maximum absolute atomic E-state index is 14.3. The molecule has 0 radical (unpaired) electrons. The van der Waals surface area contributed by atoms with Crippen LogP contribution in [0.3, 0.4) is 0 Å². The number of carbonyl (C=O) groups excluding carboxylic acids is 2. The van der Waals surface area contributed by atoms with Crippen molar-refractivity contribution in [3.63, 3.8) is 0 Å². The van der Waals surface area contributed by atoms with Crippen molar-refractivity contribution in [3.8, 4) is 0 Å². The molecule has 26 heavy (non-hydrogen) atoms. The molecular weight excluding hydrogens is 407 g/mol. The lowest BCUT2D eigenvalue weighted by atomic mass is 10.1. The third-order valence-electron chi connectivity index (χ3n) is 4.02. The monoisotopic (exact) mass is 430 g/mol. The molecule has 0 bridgehead atoms. The van der Waals surface area contributed by atoms with E-state index in [4.69, 9.17) is 9.47 Å². The van der Waals surface area contributed by atoms with Crippen LogP contribution in [0.25, 0.3) is 0 Å². The summed E-state index contributed by atoms with van der Waals surface area (Å²) in [6.45, 7) is 8.64. The second-order valence-corrected chi connectivity index (χ2v) is 8.16. The Hall–Kier alpha value is -1.83. The average Bonchev–Trinajstić information content (AvgIpc) is 2.51. The second-order valence-electron chi connectivity index (χ2n) is 7.24. The highest BCUT2D eigenvalue weighted by Gasteiger charge is 2.33. The fourth-order valence-electron chi connectivity index (χ4n) is 2.88. The van der Waals surface area contributed by atoms with E-state index < -0.39 is 17.4 Å². The Balaban J connectivity index is 2.24. The van der Waals surface area contributed by atoms with Gasteiger partial charge in [0.25, 0.3) is 0 Å². The van der Waals surface area contributed by atoms with Gasteiger partial charge in [0, 0.05) is 30.1 Å². The lowest BCUT2D eigenvalue weighted by Gasteiger charge is -2.41. The molecule has 1 fully saturated rings. The summed E-state index contributed by atoms with van der Waals surface area (Å²) in [6.07, 6.45) is -0.377. The summed E-state index contributed by atoms with van der Waals surface area (Å²) >= 11 is 3.26. The van der Waals surface area contributed by atoms with Gasteiger partial charge in [0.05, 0.1) is 12.8 Å². The van der Waals surface area contributed by atoms with Gasteiger partial charge in [-0.25, -0.2) is 14.0 Å². The van der Waals surface area contributed by atoms with E-state index in [0.29, 0.717) is 29.8 Å². The number of nitrogens with zero attached hydrogens (tertiary/aromatic N) is 2. The van der Waals surface area contributed by atoms with Crippen LogP contribution in [0.2, 0.25) is 0 Å². The SMILES string of the molecule is COC(=O)c1c(F)cc(Br)cc1N1CCN(C(=O)OC(C)(C)C)C(C)C1. The van der Waals surface area contributed by atoms with Gasteiger partial charge in [0.15, 0.2) is 0 Å². The van der Waals surface area contributed by atoms with Crippen LogP contribution in [-0.4, -0.2) is 55.3 Å². The van der Waals surface area contributed by atoms with Gasteiger partial charge in [-0.05, 0) is 39.8 Å². The minimum absolute atomic E-state index is 0.103. The van der Waals surface area contributed by atoms with E-state index in [1.807, 2.05) is 32.6 Å². The third kappa shape index (κ3) is 4.66. The van der Waals surface area contributed by atoms with Gasteiger partial charge in [-0.1, -0.05) is 15.9 Å². The minimum atomic E-state index is -0.729. The lowest BCUT2D eigenvalue weighted by Crippen LogP contribution is -2.55. The van der Waals surface area contributed by atoms with E-state index in [2.05, 4.69) is 15.9 Å². The Morgan fingerprint density at radius 3 is 2.46 bits per heavy atom. The van der Waals surface area contributed by atoms with E-state index >= 15 is 0 Å². The number of anilines is 1. The van der Waals surface area contributed by atoms with Gasteiger partial charge in [0.2, 0.25) is 0 Å². The van der Waals surface area contributed by atoms with Crippen molar-refractivity contribution in [1.82, 2.24) is 4.90 Å². The molecule has 2 rings (SSSR count). The molecule has 0 aromatic heterocycles. The Morgan fingerprint density at radius 1 is 1.27 bits per heavy atom. The first-order chi connectivity index (χ1) is 12.0. The number of piperazine rings is 1. The highest BCUT2D eigenvalue weighted by molar-refractivity contribution is 9.10. The van der Waals surface area contributed by atoms with Crippen molar-refractivity contribution < 1.29 is 23.5 Å². The Kier molecular flexibility index (Phi) is 6.16. The molecule has 0 aliphatic carbocycles. The normalized spacial score (nSPS) is 17.9. The van der Waals surface area contributed by atoms with Crippen LogP contribution < -0.4 is 4.90 Å². The highest BCUT2D eigenvalue weighted by Crippen LogP contribution is 2.30. The molecule has 0 saturated carbocycles. The van der Waals surface area contributed by atoms with Crippen molar-refractivity contribution in [2.45, 2.75) is 39.3 Å². The molecule has 1 heterocycles. The van der Waals surface area contributed by atoms with E-state index in [0.717, 1.165) is 0 Å². The summed E-state index contributed by atoms with van der Waals surface area (Å²) < 4.78 is 25.0. The van der Waals surface area contributed by atoms with Crippen molar-refractivity contribution in [3.05, 3.63) is 28.0 Å². The van der Waals surface area contributed by atoms with Crippen molar-refractivity contribution in [1.29, 1.82) is 0 Å². The first-order valence-electron chi connectivity index (χ1n) is 8.35. The number of esters is 1. The van der Waals surface area contributed by atoms with E-state index in [1.165, 1.54) is 13.2 Å². The van der Waals surface area contributed by atoms with Gasteiger partial charge >= 0.3 is 12.1 Å². The molecule has 1 unspecified atom stereocenters. The van der Waals surface area contributed by atoms with Crippen LogP contribution in [0, 0.1) is 5.82 Å². The lowest BCUT2D eigenvalue weighted by molar-refractivity contribution is 0.0158. The predicted octanol–water partition coefficient (Wildman–Crippen LogP) is 3.82. The molecule has 144 valence electrons. The number of hydrogen-bond acceptors (Lipinski definition) is 5. The van der Waals surface area contributed by atoms with Crippen molar-refractivity contribution in [2.75, 3.05) is 31.6 Å². The van der Waals surface area contributed by atoms with E-state index in [-0.39, 0.29) is 17.7 Å². The molecule has 8 heteroatoms. The van der Waals surface area contributed by atoms with Crippen LogP contribution in [-0.2, 0) is 9.47 Å². The Labute approximate surface area is 161 Å². The fourth-order valence-corrected chi connectivity index (χ4v) is 3.30. The smallest absolute Gasteiger partial charge is 0.410 e. The molecule has 1 aromatic rings. The summed E-state index contributed by atoms with van der Waals surface area (Å²) in [5.74, 6) is -1.38. The van der Waals surface area contributed by atoms with Crippen LogP contribution in [0.15, 0.2) is 16.6 Å². The maximum atomic E-state index is 14.3. The van der Waals surface area contributed by atoms with E-state index in [9.17, 15) is 14.0 Å². The third-order valence-corrected chi connectivity index (χ3v) is 4.48. The zero-order chi connectivity index (χ0) is 19.6. The first-order valence-corrected chi connectivity index (χ1v) is 9.14. The second kappa shape index (κ2) is 7.82. The molecule has 1 aliphatic heterocycles. The molecule has 1 aliphatic rings. The number of ether oxygens (including phenoxy) is 2. The number of amides is 1. The summed E-state index contributed by atoms with van der Waals surface area (Å²) in [4.78, 5) is 27.9. The molecule has 1 aromatic carbocycles. The zero-order valence-corrected chi connectivity index (χ0v) is 17.2. The molecule has 1 amide bonds. The summed E-state index contributed by atoms with van der Waals surface area (Å²) in [7, 11) is 1.22. The molecule has 0 spiro atoms. The number of rotatable bonds is 2. The van der Waals surface area contributed by atoms with Crippen molar-refractivity contribution >= 4 is 33.7 Å². The Morgan fingerprint density at radius 2 is 1.92 bits per heavy atom. The van der Waals surface area contributed by atoms with Crippen LogP contribution in [0.1, 0.15) is 38.1 Å². The topological polar surface area (TPSA) is 59.1 Å². The predicted molar refractivity (Wildman–Crippen MR) is 100 cm³/mol. The minimum Gasteiger partial charge on any atom is -0.465 e. The number of benzene rings is 1. The quantitative estimate of drug-likeness (QED) is 0.667. The zero-order valence-electron chi connectivity index (χ0n) is 15.6. The molecular formula is C18H24BrFN2O4. The van der Waals surface area contributed by atoms with Crippen molar-refractivity contribution in [2.24, 2.45) is 0 Å². The molecule has 6 nitrogen and oxygen atoms in total. The highest BCUT2D eigenvalue weighted by atomic mass is 79.9. The maximum Gasteiger partial charge on any atom is 0.410 e. The van der Waals surface area contributed by atoms with Crippen LogP contribution in [0.5, 0.6) is 0 Å². The number of methoxy groups -OCH3 is 1. The van der Waals surface area contributed by atoms with E-state index in [1.54, 1.807) is 11.0 Å². The summed E-state index contributed by atoms with van der Waals surface area (Å²) in [5, 5.41) is 0. The number of hydrogen-bond donors (Lipinski definition) is 0. The standard InChI is InChI=1S/C18H24BrFN2O4/c1-11-10-21(6-7-22(11)17(24)26-18(2,3)4)14-9-12(19)8-13(20)15(14)16(23)25-5/h8-9,11H,6-7,10H2,1-5H3. The summed E-state index contributed by atoms with van der Waals surface area (Å²) in [6, 6.07) is 2.76. The average molecular weight is 431 g/mol.